The number of hydrogen-bond acceptors (Lipinski definition) is 6. The summed E-state index contributed by atoms with van der Waals surface area (Å²) in [5.41, 5.74) is 0. The smallest absolute Gasteiger partial charge is 0.216 e. The van der Waals surface area contributed by atoms with Gasteiger partial charge in [-0.2, -0.15) is 0 Å². The fourth-order valence-electron chi connectivity index (χ4n) is 0.833. The van der Waals surface area contributed by atoms with E-state index in [0.717, 1.165) is 16.0 Å². The number of tetrazole rings is 1. The highest BCUT2D eigenvalue weighted by molar-refractivity contribution is 8.00. The molecule has 74 valence electrons. The number of aryl methyl sites for hydroxylation is 1. The second kappa shape index (κ2) is 4.24. The lowest BCUT2D eigenvalue weighted by Crippen LogP contribution is -1.98. The lowest BCUT2D eigenvalue weighted by Gasteiger charge is -1.96. The Balaban J connectivity index is 2.18. The first-order valence-corrected chi connectivity index (χ1v) is 5.86. The highest BCUT2D eigenvalue weighted by atomic mass is 35.5. The van der Waals surface area contributed by atoms with E-state index in [0.29, 0.717) is 4.34 Å². The van der Waals surface area contributed by atoms with Crippen LogP contribution in [0.3, 0.4) is 0 Å². The molecule has 0 aliphatic rings. The van der Waals surface area contributed by atoms with E-state index in [2.05, 4.69) is 20.5 Å². The van der Waals surface area contributed by atoms with E-state index in [4.69, 9.17) is 11.6 Å². The molecule has 14 heavy (non-hydrogen) atoms. The average Bonchev–Trinajstić information content (AvgIpc) is 2.76. The van der Waals surface area contributed by atoms with Crippen LogP contribution in [0, 0.1) is 0 Å². The summed E-state index contributed by atoms with van der Waals surface area (Å²) < 4.78 is 3.22. The molecule has 0 saturated heterocycles. The van der Waals surface area contributed by atoms with Crippen molar-refractivity contribution in [2.75, 3.05) is 0 Å². The number of aromatic nitrogens is 5. The fourth-order valence-corrected chi connectivity index (χ4v) is 2.89. The predicted molar refractivity (Wildman–Crippen MR) is 54.7 cm³/mol. The molecule has 0 aliphatic heterocycles. The minimum absolute atomic E-state index is 0.669. The van der Waals surface area contributed by atoms with E-state index in [9.17, 15) is 0 Å². The van der Waals surface area contributed by atoms with E-state index in [1.165, 1.54) is 23.1 Å². The second-order valence-electron chi connectivity index (χ2n) is 2.31. The summed E-state index contributed by atoms with van der Waals surface area (Å²) in [5, 5.41) is 12.0. The molecule has 2 aromatic heterocycles. The molecule has 0 fully saturated rings. The van der Waals surface area contributed by atoms with Crippen LogP contribution in [0.25, 0.3) is 0 Å². The zero-order valence-corrected chi connectivity index (χ0v) is 9.60. The Kier molecular flexibility index (Phi) is 2.99. The van der Waals surface area contributed by atoms with Crippen LogP contribution in [0.5, 0.6) is 0 Å². The van der Waals surface area contributed by atoms with Crippen LogP contribution >= 0.6 is 34.7 Å². The van der Waals surface area contributed by atoms with Gasteiger partial charge in [0.1, 0.15) is 4.34 Å². The monoisotopic (exact) mass is 247 g/mol. The molecule has 0 bridgehead atoms. The number of rotatable bonds is 3. The highest BCUT2D eigenvalue weighted by Crippen LogP contribution is 2.31. The quantitative estimate of drug-likeness (QED) is 0.830. The Morgan fingerprint density at radius 2 is 2.50 bits per heavy atom. The van der Waals surface area contributed by atoms with Gasteiger partial charge >= 0.3 is 0 Å². The average molecular weight is 248 g/mol. The van der Waals surface area contributed by atoms with Gasteiger partial charge in [0.05, 0.1) is 6.20 Å². The summed E-state index contributed by atoms with van der Waals surface area (Å²) in [4.78, 5) is 4.11. The van der Waals surface area contributed by atoms with Gasteiger partial charge in [0.2, 0.25) is 5.16 Å². The van der Waals surface area contributed by atoms with E-state index >= 15 is 0 Å². The van der Waals surface area contributed by atoms with Gasteiger partial charge < -0.3 is 0 Å². The van der Waals surface area contributed by atoms with E-state index in [1.807, 2.05) is 6.92 Å². The second-order valence-corrected chi connectivity index (χ2v) is 5.19. The molecule has 2 aromatic rings. The maximum absolute atomic E-state index is 5.76. The molecule has 0 spiro atoms. The predicted octanol–water partition coefficient (Wildman–Crippen LogP) is 1.95. The molecule has 0 aliphatic carbocycles. The largest absolute Gasteiger partial charge is 0.236 e. The summed E-state index contributed by atoms with van der Waals surface area (Å²) >= 11 is 8.59. The lowest BCUT2D eigenvalue weighted by atomic mass is 10.8. The van der Waals surface area contributed by atoms with Gasteiger partial charge in [-0.15, -0.1) is 5.10 Å². The molecule has 0 unspecified atom stereocenters. The molecular formula is C6H6ClN5S2. The molecule has 0 N–H and O–H groups in total. The highest BCUT2D eigenvalue weighted by Gasteiger charge is 2.09. The first kappa shape index (κ1) is 9.88. The SMILES string of the molecule is CCn1nnnc1Sc1ncc(Cl)s1. The van der Waals surface area contributed by atoms with Gasteiger partial charge in [-0.25, -0.2) is 9.67 Å². The fraction of sp³-hybridized carbons (Fsp3) is 0.333. The number of nitrogens with zero attached hydrogens (tertiary/aromatic N) is 5. The molecular weight excluding hydrogens is 242 g/mol. The molecule has 0 amide bonds. The van der Waals surface area contributed by atoms with E-state index < -0.39 is 0 Å². The summed E-state index contributed by atoms with van der Waals surface area (Å²) in [6, 6.07) is 0. The van der Waals surface area contributed by atoms with Gasteiger partial charge in [0, 0.05) is 6.54 Å². The molecule has 2 heterocycles. The van der Waals surface area contributed by atoms with Crippen molar-refractivity contribution >= 4 is 34.7 Å². The number of halogens is 1. The number of thiazole rings is 1. The maximum Gasteiger partial charge on any atom is 0.216 e. The molecule has 2 rings (SSSR count). The van der Waals surface area contributed by atoms with Gasteiger partial charge in [-0.1, -0.05) is 22.9 Å². The molecule has 0 radical (unpaired) electrons. The Morgan fingerprint density at radius 1 is 1.64 bits per heavy atom. The van der Waals surface area contributed by atoms with Crippen molar-refractivity contribution in [3.63, 3.8) is 0 Å². The zero-order valence-electron chi connectivity index (χ0n) is 7.21. The van der Waals surface area contributed by atoms with Crippen molar-refractivity contribution in [2.45, 2.75) is 23.0 Å². The van der Waals surface area contributed by atoms with Crippen molar-refractivity contribution in [1.29, 1.82) is 0 Å². The third kappa shape index (κ3) is 2.05. The maximum atomic E-state index is 5.76. The van der Waals surface area contributed by atoms with Crippen LogP contribution in [-0.4, -0.2) is 25.2 Å². The van der Waals surface area contributed by atoms with E-state index in [1.54, 1.807) is 10.9 Å². The van der Waals surface area contributed by atoms with E-state index in [-0.39, 0.29) is 0 Å². The van der Waals surface area contributed by atoms with Crippen molar-refractivity contribution < 1.29 is 0 Å². The lowest BCUT2D eigenvalue weighted by molar-refractivity contribution is 0.581. The third-order valence-corrected chi connectivity index (χ3v) is 3.60. The van der Waals surface area contributed by atoms with Crippen LogP contribution in [-0.2, 0) is 6.54 Å². The molecule has 0 saturated carbocycles. The summed E-state index contributed by atoms with van der Waals surface area (Å²) in [6.07, 6.45) is 1.62. The van der Waals surface area contributed by atoms with Crippen molar-refractivity contribution in [2.24, 2.45) is 0 Å². The Labute approximate surface area is 93.5 Å². The summed E-state index contributed by atoms with van der Waals surface area (Å²) in [5.74, 6) is 0. The topological polar surface area (TPSA) is 56.5 Å². The molecule has 0 aromatic carbocycles. The van der Waals surface area contributed by atoms with Crippen LogP contribution in [0.4, 0.5) is 0 Å². The van der Waals surface area contributed by atoms with Crippen LogP contribution < -0.4 is 0 Å². The van der Waals surface area contributed by atoms with Gasteiger partial charge in [-0.3, -0.25) is 0 Å². The van der Waals surface area contributed by atoms with Crippen LogP contribution in [0.1, 0.15) is 6.92 Å². The van der Waals surface area contributed by atoms with Crippen LogP contribution in [0.2, 0.25) is 4.34 Å². The van der Waals surface area contributed by atoms with Crippen molar-refractivity contribution in [3.05, 3.63) is 10.5 Å². The zero-order chi connectivity index (χ0) is 9.97. The normalized spacial score (nSPS) is 10.7. The van der Waals surface area contributed by atoms with Gasteiger partial charge in [0.15, 0.2) is 4.34 Å². The van der Waals surface area contributed by atoms with Crippen molar-refractivity contribution in [3.8, 4) is 0 Å². The minimum Gasteiger partial charge on any atom is -0.236 e. The Morgan fingerprint density at radius 3 is 3.14 bits per heavy atom. The molecule has 0 atom stereocenters. The summed E-state index contributed by atoms with van der Waals surface area (Å²) in [6.45, 7) is 2.73. The van der Waals surface area contributed by atoms with Gasteiger partial charge in [-0.05, 0) is 29.1 Å². The third-order valence-electron chi connectivity index (χ3n) is 1.43. The number of hydrogen-bond donors (Lipinski definition) is 0. The van der Waals surface area contributed by atoms with Gasteiger partial charge in [0.25, 0.3) is 0 Å². The minimum atomic E-state index is 0.669. The first-order valence-electron chi connectivity index (χ1n) is 3.85. The Hall–Kier alpha value is -0.660. The molecule has 5 nitrogen and oxygen atoms in total. The molecule has 8 heteroatoms. The first-order chi connectivity index (χ1) is 6.79. The van der Waals surface area contributed by atoms with Crippen LogP contribution in [0.15, 0.2) is 15.7 Å². The summed E-state index contributed by atoms with van der Waals surface area (Å²) in [7, 11) is 0. The standard InChI is InChI=1S/C6H6ClN5S2/c1-2-12-5(9-10-11-12)14-6-8-3-4(7)13-6/h3H,2H2,1H3. The Bertz CT molecular complexity index is 425. The van der Waals surface area contributed by atoms with Crippen molar-refractivity contribution in [1.82, 2.24) is 25.2 Å².